The Labute approximate surface area is 189 Å². The molecule has 0 aromatic heterocycles. The zero-order chi connectivity index (χ0) is 23.6. The third kappa shape index (κ3) is 5.16. The zero-order valence-electron chi connectivity index (χ0n) is 17.9. The van der Waals surface area contributed by atoms with E-state index in [-0.39, 0.29) is 25.2 Å². The van der Waals surface area contributed by atoms with Crippen LogP contribution < -0.4 is 0 Å². The van der Waals surface area contributed by atoms with Crippen molar-refractivity contribution in [3.8, 4) is 0 Å². The second-order valence-electron chi connectivity index (χ2n) is 8.38. The molecule has 32 heavy (non-hydrogen) atoms. The average Bonchev–Trinajstić information content (AvgIpc) is 2.72. The molecule has 1 atom stereocenters. The molecule has 1 aliphatic rings. The molecule has 0 N–H and O–H groups in total. The predicted octanol–water partition coefficient (Wildman–Crippen LogP) is 4.82. The topological polar surface area (TPSA) is 93.0 Å². The number of rotatable bonds is 3. The molecule has 1 fully saturated rings. The summed E-state index contributed by atoms with van der Waals surface area (Å²) < 4.78 is 20.0. The number of piperazine rings is 1. The molecule has 170 valence electrons. The van der Waals surface area contributed by atoms with Gasteiger partial charge in [-0.05, 0) is 38.5 Å². The van der Waals surface area contributed by atoms with Gasteiger partial charge < -0.3 is 14.5 Å². The van der Waals surface area contributed by atoms with Gasteiger partial charge in [0, 0.05) is 30.7 Å². The molecular formula is C22H23ClFN3O5. The molecule has 0 aliphatic carbocycles. The Morgan fingerprint density at radius 2 is 1.88 bits per heavy atom. The monoisotopic (exact) mass is 463 g/mol. The lowest BCUT2D eigenvalue weighted by atomic mass is 10.0. The lowest BCUT2D eigenvalue weighted by Gasteiger charge is -2.42. The Balaban J connectivity index is 1.94. The van der Waals surface area contributed by atoms with E-state index in [1.807, 2.05) is 0 Å². The molecule has 10 heteroatoms. The number of hydrogen-bond acceptors (Lipinski definition) is 5. The van der Waals surface area contributed by atoms with Crippen molar-refractivity contribution in [3.63, 3.8) is 0 Å². The fraction of sp³-hybridized carbons (Fsp3) is 0.364. The van der Waals surface area contributed by atoms with Crippen LogP contribution in [0.1, 0.15) is 42.7 Å². The summed E-state index contributed by atoms with van der Waals surface area (Å²) >= 11 is 6.37. The summed E-state index contributed by atoms with van der Waals surface area (Å²) in [7, 11) is 0. The van der Waals surface area contributed by atoms with Gasteiger partial charge in [-0.25, -0.2) is 9.18 Å². The third-order valence-corrected chi connectivity index (χ3v) is 5.30. The first-order chi connectivity index (χ1) is 15.0. The highest BCUT2D eigenvalue weighted by Gasteiger charge is 2.37. The van der Waals surface area contributed by atoms with Crippen LogP contribution in [0.2, 0.25) is 5.02 Å². The van der Waals surface area contributed by atoms with E-state index in [0.29, 0.717) is 16.7 Å². The Morgan fingerprint density at radius 1 is 1.19 bits per heavy atom. The van der Waals surface area contributed by atoms with Gasteiger partial charge in [0.25, 0.3) is 11.6 Å². The minimum Gasteiger partial charge on any atom is -0.444 e. The Kier molecular flexibility index (Phi) is 6.68. The molecule has 2 aromatic rings. The van der Waals surface area contributed by atoms with E-state index in [0.717, 1.165) is 12.1 Å². The van der Waals surface area contributed by atoms with Crippen molar-refractivity contribution in [2.45, 2.75) is 32.4 Å². The maximum absolute atomic E-state index is 14.6. The van der Waals surface area contributed by atoms with Crippen molar-refractivity contribution in [1.82, 2.24) is 9.80 Å². The van der Waals surface area contributed by atoms with Crippen LogP contribution in [-0.4, -0.2) is 52.0 Å². The molecule has 0 spiro atoms. The van der Waals surface area contributed by atoms with Crippen molar-refractivity contribution in [2.75, 3.05) is 19.6 Å². The molecule has 1 aliphatic heterocycles. The summed E-state index contributed by atoms with van der Waals surface area (Å²) in [5.41, 5.74) is -0.834. The molecular weight excluding hydrogens is 441 g/mol. The maximum Gasteiger partial charge on any atom is 0.410 e. The van der Waals surface area contributed by atoms with E-state index >= 15 is 0 Å². The molecule has 2 amide bonds. The summed E-state index contributed by atoms with van der Waals surface area (Å²) in [6.45, 7) is 5.65. The Morgan fingerprint density at radius 3 is 2.47 bits per heavy atom. The Bertz CT molecular complexity index is 1060. The third-order valence-electron chi connectivity index (χ3n) is 4.95. The van der Waals surface area contributed by atoms with Crippen LogP contribution in [0.3, 0.4) is 0 Å². The highest BCUT2D eigenvalue weighted by molar-refractivity contribution is 6.31. The van der Waals surface area contributed by atoms with Gasteiger partial charge in [-0.1, -0.05) is 29.8 Å². The van der Waals surface area contributed by atoms with Crippen molar-refractivity contribution >= 4 is 29.3 Å². The summed E-state index contributed by atoms with van der Waals surface area (Å²) in [5.74, 6) is -1.64. The first-order valence-corrected chi connectivity index (χ1v) is 10.3. The van der Waals surface area contributed by atoms with Gasteiger partial charge in [-0.15, -0.1) is 0 Å². The summed E-state index contributed by atoms with van der Waals surface area (Å²) in [6, 6.07) is 9.13. The number of carbonyl (C=O) groups excluding carboxylic acids is 2. The molecule has 2 aromatic carbocycles. The molecule has 1 heterocycles. The van der Waals surface area contributed by atoms with Gasteiger partial charge in [0.15, 0.2) is 0 Å². The summed E-state index contributed by atoms with van der Waals surface area (Å²) in [6.07, 6.45) is -0.525. The number of nitro benzene ring substituents is 1. The fourth-order valence-corrected chi connectivity index (χ4v) is 3.74. The second-order valence-corrected chi connectivity index (χ2v) is 8.79. The molecule has 1 saturated heterocycles. The molecule has 0 radical (unpaired) electrons. The van der Waals surface area contributed by atoms with Crippen LogP contribution in [0.15, 0.2) is 42.5 Å². The number of hydrogen-bond donors (Lipinski definition) is 0. The fourth-order valence-electron chi connectivity index (χ4n) is 3.48. The average molecular weight is 464 g/mol. The summed E-state index contributed by atoms with van der Waals surface area (Å²) in [5, 5.41) is 11.3. The number of amides is 2. The van der Waals surface area contributed by atoms with Crippen LogP contribution in [0.4, 0.5) is 14.9 Å². The van der Waals surface area contributed by atoms with Gasteiger partial charge in [0.05, 0.1) is 22.6 Å². The van der Waals surface area contributed by atoms with Crippen molar-refractivity contribution in [2.24, 2.45) is 0 Å². The molecule has 3 rings (SSSR count). The van der Waals surface area contributed by atoms with Crippen LogP contribution in [0.5, 0.6) is 0 Å². The van der Waals surface area contributed by atoms with E-state index < -0.39 is 40.1 Å². The minimum atomic E-state index is -0.989. The molecule has 0 bridgehead atoms. The molecule has 1 unspecified atom stereocenters. The first-order valence-electron chi connectivity index (χ1n) is 9.95. The van der Waals surface area contributed by atoms with Crippen LogP contribution in [0.25, 0.3) is 0 Å². The number of benzene rings is 2. The van der Waals surface area contributed by atoms with Crippen molar-refractivity contribution < 1.29 is 23.6 Å². The lowest BCUT2D eigenvalue weighted by molar-refractivity contribution is -0.385. The lowest BCUT2D eigenvalue weighted by Crippen LogP contribution is -2.53. The predicted molar refractivity (Wildman–Crippen MR) is 116 cm³/mol. The van der Waals surface area contributed by atoms with E-state index in [2.05, 4.69) is 0 Å². The standard InChI is InChI=1S/C22H23ClFN3O5/c1-22(2,3)32-21(29)25-10-11-26(19(13-25)15-6-4-5-7-17(15)23)20(28)16-9-8-14(27(30)31)12-18(16)24/h4-9,12,19H,10-11,13H2,1-3H3. The van der Waals surface area contributed by atoms with Gasteiger partial charge >= 0.3 is 6.09 Å². The molecule has 0 saturated carbocycles. The summed E-state index contributed by atoms with van der Waals surface area (Å²) in [4.78, 5) is 38.9. The number of non-ortho nitro benzene ring substituents is 1. The van der Waals surface area contributed by atoms with Crippen molar-refractivity contribution in [1.29, 1.82) is 0 Å². The highest BCUT2D eigenvalue weighted by atomic mass is 35.5. The number of nitrogens with zero attached hydrogens (tertiary/aromatic N) is 3. The zero-order valence-corrected chi connectivity index (χ0v) is 18.6. The minimum absolute atomic E-state index is 0.0962. The van der Waals surface area contributed by atoms with Crippen LogP contribution >= 0.6 is 11.6 Å². The number of ether oxygens (including phenoxy) is 1. The van der Waals surface area contributed by atoms with E-state index in [1.54, 1.807) is 45.0 Å². The van der Waals surface area contributed by atoms with Gasteiger partial charge in [-0.3, -0.25) is 14.9 Å². The highest BCUT2D eigenvalue weighted by Crippen LogP contribution is 2.33. The maximum atomic E-state index is 14.6. The van der Waals surface area contributed by atoms with Crippen LogP contribution in [-0.2, 0) is 4.74 Å². The van der Waals surface area contributed by atoms with Gasteiger partial charge in [-0.2, -0.15) is 0 Å². The number of halogens is 2. The van der Waals surface area contributed by atoms with Crippen molar-refractivity contribution in [3.05, 3.63) is 74.5 Å². The Hall–Kier alpha value is -3.20. The number of carbonyl (C=O) groups is 2. The largest absolute Gasteiger partial charge is 0.444 e. The number of nitro groups is 1. The normalized spacial score (nSPS) is 16.6. The van der Waals surface area contributed by atoms with E-state index in [1.165, 1.54) is 9.80 Å². The van der Waals surface area contributed by atoms with Crippen LogP contribution in [0, 0.1) is 15.9 Å². The smallest absolute Gasteiger partial charge is 0.410 e. The quantitative estimate of drug-likeness (QED) is 0.480. The molecule has 8 nitrogen and oxygen atoms in total. The van der Waals surface area contributed by atoms with E-state index in [9.17, 15) is 24.1 Å². The second kappa shape index (κ2) is 9.12. The first kappa shape index (κ1) is 23.5. The van der Waals surface area contributed by atoms with Gasteiger partial charge in [0.1, 0.15) is 11.4 Å². The van der Waals surface area contributed by atoms with Gasteiger partial charge in [0.2, 0.25) is 0 Å². The SMILES string of the molecule is CC(C)(C)OC(=O)N1CCN(C(=O)c2ccc([N+](=O)[O-])cc2F)C(c2ccccc2Cl)C1. The van der Waals surface area contributed by atoms with E-state index in [4.69, 9.17) is 16.3 Å².